The third-order valence-electron chi connectivity index (χ3n) is 3.82. The number of nitrogens with zero attached hydrogens (tertiary/aromatic N) is 1. The second-order valence-corrected chi connectivity index (χ2v) is 7.77. The number of sulfonamides is 1. The first-order valence-corrected chi connectivity index (χ1v) is 9.24. The van der Waals surface area contributed by atoms with E-state index >= 15 is 0 Å². The zero-order valence-electron chi connectivity index (χ0n) is 13.0. The van der Waals surface area contributed by atoms with E-state index in [-0.39, 0.29) is 24.8 Å². The lowest BCUT2D eigenvalue weighted by Crippen LogP contribution is -2.43. The van der Waals surface area contributed by atoms with Gasteiger partial charge in [-0.1, -0.05) is 12.1 Å². The van der Waals surface area contributed by atoms with Crippen LogP contribution in [0.1, 0.15) is 18.4 Å². The van der Waals surface area contributed by atoms with Crippen molar-refractivity contribution in [1.82, 2.24) is 4.31 Å². The predicted octanol–water partition coefficient (Wildman–Crippen LogP) is 0.325. The minimum atomic E-state index is -3.27. The van der Waals surface area contributed by atoms with Crippen molar-refractivity contribution in [3.05, 3.63) is 29.8 Å². The Balaban J connectivity index is 1.97. The molecular formula is C15H21N3O4S. The first-order chi connectivity index (χ1) is 10.8. The third-order valence-corrected chi connectivity index (χ3v) is 5.09. The molecule has 2 rings (SSSR count). The summed E-state index contributed by atoms with van der Waals surface area (Å²) in [5.41, 5.74) is 6.51. The molecule has 3 N–H and O–H groups in total. The number of nitrogens with two attached hydrogens (primary N) is 1. The Morgan fingerprint density at radius 3 is 2.52 bits per heavy atom. The topological polar surface area (TPSA) is 110 Å². The molecule has 1 aliphatic rings. The van der Waals surface area contributed by atoms with Gasteiger partial charge in [0.05, 0.1) is 18.6 Å². The van der Waals surface area contributed by atoms with Crippen LogP contribution in [-0.2, 0) is 26.0 Å². The maximum absolute atomic E-state index is 12.3. The number of anilines is 1. The second-order valence-electron chi connectivity index (χ2n) is 5.79. The smallest absolute Gasteiger partial charge is 0.228 e. The Kier molecular flexibility index (Phi) is 5.38. The zero-order valence-corrected chi connectivity index (χ0v) is 13.8. The van der Waals surface area contributed by atoms with Crippen LogP contribution in [0.15, 0.2) is 24.3 Å². The van der Waals surface area contributed by atoms with Crippen LogP contribution in [0, 0.1) is 5.92 Å². The van der Waals surface area contributed by atoms with E-state index in [2.05, 4.69) is 5.32 Å². The zero-order chi connectivity index (χ0) is 17.0. The van der Waals surface area contributed by atoms with Crippen molar-refractivity contribution < 1.29 is 18.0 Å². The van der Waals surface area contributed by atoms with Gasteiger partial charge in [-0.2, -0.15) is 0 Å². The van der Waals surface area contributed by atoms with Gasteiger partial charge in [0.15, 0.2) is 0 Å². The Labute approximate surface area is 135 Å². The van der Waals surface area contributed by atoms with Crippen LogP contribution < -0.4 is 11.1 Å². The van der Waals surface area contributed by atoms with Crippen LogP contribution in [0.3, 0.4) is 0 Å². The number of benzene rings is 1. The molecule has 1 heterocycles. The summed E-state index contributed by atoms with van der Waals surface area (Å²) < 4.78 is 24.5. The minimum absolute atomic E-state index is 0.153. The monoisotopic (exact) mass is 339 g/mol. The molecule has 23 heavy (non-hydrogen) atoms. The van der Waals surface area contributed by atoms with Crippen molar-refractivity contribution in [2.45, 2.75) is 19.3 Å². The van der Waals surface area contributed by atoms with Gasteiger partial charge < -0.3 is 11.1 Å². The lowest BCUT2D eigenvalue weighted by Gasteiger charge is -2.30. The SMILES string of the molecule is CS(=O)(=O)N1CCC[C@H](C(=O)Nc2ccc(CC(N)=O)cc2)C1. The number of hydrogen-bond acceptors (Lipinski definition) is 4. The van der Waals surface area contributed by atoms with Crippen molar-refractivity contribution in [1.29, 1.82) is 0 Å². The number of hydrogen-bond donors (Lipinski definition) is 2. The highest BCUT2D eigenvalue weighted by atomic mass is 32.2. The molecule has 1 atom stereocenters. The van der Waals surface area contributed by atoms with Gasteiger partial charge in [-0.3, -0.25) is 9.59 Å². The lowest BCUT2D eigenvalue weighted by atomic mass is 9.98. The molecule has 0 aliphatic carbocycles. The van der Waals surface area contributed by atoms with E-state index < -0.39 is 15.9 Å². The molecule has 126 valence electrons. The number of amides is 2. The molecule has 2 amide bonds. The van der Waals surface area contributed by atoms with E-state index in [0.29, 0.717) is 25.1 Å². The summed E-state index contributed by atoms with van der Waals surface area (Å²) in [5, 5.41) is 2.79. The molecule has 1 saturated heterocycles. The molecule has 8 heteroatoms. The highest BCUT2D eigenvalue weighted by molar-refractivity contribution is 7.88. The summed E-state index contributed by atoms with van der Waals surface area (Å²) in [6.45, 7) is 0.675. The predicted molar refractivity (Wildman–Crippen MR) is 87.1 cm³/mol. The molecule has 0 bridgehead atoms. The summed E-state index contributed by atoms with van der Waals surface area (Å²) in [6, 6.07) is 6.86. The van der Waals surface area contributed by atoms with Crippen molar-refractivity contribution in [2.24, 2.45) is 11.7 Å². The van der Waals surface area contributed by atoms with E-state index in [1.165, 1.54) is 4.31 Å². The molecular weight excluding hydrogens is 318 g/mol. The Morgan fingerprint density at radius 1 is 1.30 bits per heavy atom. The number of carbonyl (C=O) groups is 2. The molecule has 0 saturated carbocycles. The first-order valence-electron chi connectivity index (χ1n) is 7.39. The van der Waals surface area contributed by atoms with Gasteiger partial charge in [-0.25, -0.2) is 12.7 Å². The van der Waals surface area contributed by atoms with Crippen LogP contribution in [0.4, 0.5) is 5.69 Å². The molecule has 1 fully saturated rings. The fourth-order valence-corrected chi connectivity index (χ4v) is 3.52. The summed E-state index contributed by atoms with van der Waals surface area (Å²) in [5.74, 6) is -0.963. The normalized spacial score (nSPS) is 19.3. The maximum Gasteiger partial charge on any atom is 0.228 e. The van der Waals surface area contributed by atoms with Gasteiger partial charge in [0, 0.05) is 18.8 Å². The highest BCUT2D eigenvalue weighted by Crippen LogP contribution is 2.20. The lowest BCUT2D eigenvalue weighted by molar-refractivity contribution is -0.121. The van der Waals surface area contributed by atoms with E-state index in [1.54, 1.807) is 24.3 Å². The van der Waals surface area contributed by atoms with Crippen LogP contribution in [-0.4, -0.2) is 43.9 Å². The summed E-state index contributed by atoms with van der Waals surface area (Å²) in [7, 11) is -3.27. The van der Waals surface area contributed by atoms with Crippen LogP contribution in [0.2, 0.25) is 0 Å². The van der Waals surface area contributed by atoms with Gasteiger partial charge in [0.1, 0.15) is 0 Å². The summed E-state index contributed by atoms with van der Waals surface area (Å²) in [6.07, 6.45) is 2.64. The van der Waals surface area contributed by atoms with Crippen LogP contribution in [0.5, 0.6) is 0 Å². The third kappa shape index (κ3) is 5.04. The van der Waals surface area contributed by atoms with Gasteiger partial charge >= 0.3 is 0 Å². The van der Waals surface area contributed by atoms with Crippen molar-refractivity contribution in [3.63, 3.8) is 0 Å². The minimum Gasteiger partial charge on any atom is -0.369 e. The second kappa shape index (κ2) is 7.10. The standard InChI is InChI=1S/C15H21N3O4S/c1-23(21,22)18-8-2-3-12(10-18)15(20)17-13-6-4-11(5-7-13)9-14(16)19/h4-7,12H,2-3,8-10H2,1H3,(H2,16,19)(H,17,20)/t12-/m0/s1. The van der Waals surface area contributed by atoms with Gasteiger partial charge in [-0.05, 0) is 30.5 Å². The van der Waals surface area contributed by atoms with Crippen molar-refractivity contribution in [3.8, 4) is 0 Å². The Bertz CT molecular complexity index is 685. The van der Waals surface area contributed by atoms with Gasteiger partial charge in [0.25, 0.3) is 0 Å². The van der Waals surface area contributed by atoms with Crippen molar-refractivity contribution >= 4 is 27.5 Å². The van der Waals surface area contributed by atoms with Crippen molar-refractivity contribution in [2.75, 3.05) is 24.7 Å². The van der Waals surface area contributed by atoms with E-state index in [4.69, 9.17) is 5.73 Å². The molecule has 0 radical (unpaired) electrons. The fraction of sp³-hybridized carbons (Fsp3) is 0.467. The molecule has 0 aromatic heterocycles. The average molecular weight is 339 g/mol. The van der Waals surface area contributed by atoms with E-state index in [0.717, 1.165) is 11.8 Å². The first kappa shape index (κ1) is 17.4. The summed E-state index contributed by atoms with van der Waals surface area (Å²) in [4.78, 5) is 23.1. The number of rotatable bonds is 5. The number of piperidine rings is 1. The number of primary amides is 1. The maximum atomic E-state index is 12.3. The molecule has 7 nitrogen and oxygen atoms in total. The molecule has 1 aliphatic heterocycles. The Hall–Kier alpha value is -1.93. The quantitative estimate of drug-likeness (QED) is 0.805. The van der Waals surface area contributed by atoms with E-state index in [1.807, 2.05) is 0 Å². The number of nitrogens with one attached hydrogen (secondary N) is 1. The molecule has 0 unspecified atom stereocenters. The van der Waals surface area contributed by atoms with Crippen LogP contribution >= 0.6 is 0 Å². The number of carbonyl (C=O) groups excluding carboxylic acids is 2. The van der Waals surface area contributed by atoms with Crippen LogP contribution in [0.25, 0.3) is 0 Å². The largest absolute Gasteiger partial charge is 0.369 e. The molecule has 0 spiro atoms. The van der Waals surface area contributed by atoms with Gasteiger partial charge in [-0.15, -0.1) is 0 Å². The fourth-order valence-electron chi connectivity index (χ4n) is 2.61. The van der Waals surface area contributed by atoms with E-state index in [9.17, 15) is 18.0 Å². The molecule has 1 aromatic carbocycles. The molecule has 1 aromatic rings. The Morgan fingerprint density at radius 2 is 1.96 bits per heavy atom. The summed E-state index contributed by atoms with van der Waals surface area (Å²) >= 11 is 0. The average Bonchev–Trinajstić information content (AvgIpc) is 2.48. The van der Waals surface area contributed by atoms with Gasteiger partial charge in [0.2, 0.25) is 21.8 Å². The highest BCUT2D eigenvalue weighted by Gasteiger charge is 2.30.